The molecule has 25 heavy (non-hydrogen) atoms. The number of amides is 1. The Morgan fingerprint density at radius 2 is 1.72 bits per heavy atom. The van der Waals surface area contributed by atoms with Crippen molar-refractivity contribution < 1.29 is 4.79 Å². The van der Waals surface area contributed by atoms with Gasteiger partial charge in [0.05, 0.1) is 0 Å². The molecule has 0 saturated heterocycles. The Morgan fingerprint density at radius 1 is 1.12 bits per heavy atom. The maximum Gasteiger partial charge on any atom is 0.242 e. The minimum Gasteiger partial charge on any atom is -0.357 e. The number of benzene rings is 1. The average molecular weight is 501 g/mol. The molecular weight excluding hydrogens is 474 g/mol. The molecule has 0 radical (unpaired) electrons. The van der Waals surface area contributed by atoms with Crippen molar-refractivity contribution >= 4 is 59.0 Å². The fourth-order valence-electron chi connectivity index (χ4n) is 2.03. The highest BCUT2D eigenvalue weighted by molar-refractivity contribution is 14.0. The molecule has 0 bridgehead atoms. The minimum absolute atomic E-state index is 0. The first-order valence-electron chi connectivity index (χ1n) is 7.98. The normalized spacial score (nSPS) is 11.5. The molecule has 0 spiro atoms. The number of halogens is 3. The molecule has 0 atom stereocenters. The molecule has 5 nitrogen and oxygen atoms in total. The molecule has 1 aromatic rings. The Hall–Kier alpha value is -0.730. The van der Waals surface area contributed by atoms with Gasteiger partial charge >= 0.3 is 0 Å². The maximum atomic E-state index is 11.8. The van der Waals surface area contributed by atoms with E-state index in [1.807, 2.05) is 39.8 Å². The van der Waals surface area contributed by atoms with E-state index < -0.39 is 0 Å². The van der Waals surface area contributed by atoms with Gasteiger partial charge in [-0.2, -0.15) is 0 Å². The monoisotopic (exact) mass is 500 g/mol. The lowest BCUT2D eigenvalue weighted by Gasteiger charge is -2.20. The lowest BCUT2D eigenvalue weighted by atomic mass is 10.1. The first-order chi connectivity index (χ1) is 11.2. The number of carbonyl (C=O) groups is 1. The maximum absolute atomic E-state index is 11.8. The van der Waals surface area contributed by atoms with Gasteiger partial charge in [0.25, 0.3) is 0 Å². The molecule has 0 aliphatic rings. The van der Waals surface area contributed by atoms with E-state index in [2.05, 4.69) is 20.9 Å². The van der Waals surface area contributed by atoms with E-state index in [4.69, 9.17) is 23.2 Å². The molecule has 0 saturated carbocycles. The van der Waals surface area contributed by atoms with Gasteiger partial charge in [-0.3, -0.25) is 4.79 Å². The molecule has 1 amide bonds. The standard InChI is InChI=1S/C17H26Cl2N4O.HI/c1-5-20-16(22-11-15(24)23-17(2,3)4)21-7-6-12-8-13(18)10-14(19)9-12;/h8-10H,5-7,11H2,1-4H3,(H,23,24)(H2,20,21,22);1H. The van der Waals surface area contributed by atoms with Gasteiger partial charge in [0.15, 0.2) is 5.96 Å². The van der Waals surface area contributed by atoms with Crippen LogP contribution in [0.25, 0.3) is 0 Å². The van der Waals surface area contributed by atoms with Crippen LogP contribution in [0.1, 0.15) is 33.3 Å². The molecule has 0 aliphatic heterocycles. The van der Waals surface area contributed by atoms with Crippen molar-refractivity contribution in [3.63, 3.8) is 0 Å². The Kier molecular flexibility index (Phi) is 11.5. The molecule has 0 unspecified atom stereocenters. The summed E-state index contributed by atoms with van der Waals surface area (Å²) in [5, 5.41) is 10.4. The number of rotatable bonds is 6. The second-order valence-corrected chi connectivity index (χ2v) is 7.32. The van der Waals surface area contributed by atoms with Crippen molar-refractivity contribution in [1.82, 2.24) is 16.0 Å². The van der Waals surface area contributed by atoms with E-state index in [0.29, 0.717) is 22.5 Å². The molecule has 0 fully saturated rings. The van der Waals surface area contributed by atoms with Gasteiger partial charge in [-0.15, -0.1) is 24.0 Å². The summed E-state index contributed by atoms with van der Waals surface area (Å²) in [5.74, 6) is 0.496. The fraction of sp³-hybridized carbons (Fsp3) is 0.529. The predicted molar refractivity (Wildman–Crippen MR) is 117 cm³/mol. The summed E-state index contributed by atoms with van der Waals surface area (Å²) in [7, 11) is 0. The SMILES string of the molecule is CCNC(=NCC(=O)NC(C)(C)C)NCCc1cc(Cl)cc(Cl)c1.I. The van der Waals surface area contributed by atoms with Crippen LogP contribution in [0.5, 0.6) is 0 Å². The average Bonchev–Trinajstić information content (AvgIpc) is 2.42. The molecule has 3 N–H and O–H groups in total. The highest BCUT2D eigenvalue weighted by Crippen LogP contribution is 2.19. The predicted octanol–water partition coefficient (Wildman–Crippen LogP) is 3.62. The summed E-state index contributed by atoms with van der Waals surface area (Å²) < 4.78 is 0. The van der Waals surface area contributed by atoms with Crippen molar-refractivity contribution in [2.75, 3.05) is 19.6 Å². The second kappa shape index (κ2) is 11.8. The third kappa shape index (κ3) is 11.5. The molecule has 0 heterocycles. The van der Waals surface area contributed by atoms with Gasteiger partial charge < -0.3 is 16.0 Å². The van der Waals surface area contributed by atoms with Crippen LogP contribution in [0.15, 0.2) is 23.2 Å². The largest absolute Gasteiger partial charge is 0.357 e. The molecule has 142 valence electrons. The van der Waals surface area contributed by atoms with E-state index in [9.17, 15) is 4.79 Å². The first-order valence-corrected chi connectivity index (χ1v) is 8.73. The van der Waals surface area contributed by atoms with Crippen LogP contribution in [0, 0.1) is 0 Å². The van der Waals surface area contributed by atoms with Crippen LogP contribution in [0.4, 0.5) is 0 Å². The summed E-state index contributed by atoms with van der Waals surface area (Å²) in [4.78, 5) is 16.1. The summed E-state index contributed by atoms with van der Waals surface area (Å²) >= 11 is 12.0. The van der Waals surface area contributed by atoms with E-state index >= 15 is 0 Å². The van der Waals surface area contributed by atoms with E-state index in [-0.39, 0.29) is 42.0 Å². The number of carbonyl (C=O) groups excluding carboxylic acids is 1. The lowest BCUT2D eigenvalue weighted by molar-refractivity contribution is -0.121. The zero-order valence-electron chi connectivity index (χ0n) is 15.1. The van der Waals surface area contributed by atoms with Gasteiger partial charge in [0.1, 0.15) is 6.54 Å². The summed E-state index contributed by atoms with van der Waals surface area (Å²) in [5.41, 5.74) is 0.783. The van der Waals surface area contributed by atoms with E-state index in [1.165, 1.54) is 0 Å². The molecule has 0 aromatic heterocycles. The fourth-order valence-corrected chi connectivity index (χ4v) is 2.60. The zero-order valence-corrected chi connectivity index (χ0v) is 18.9. The molecule has 0 aliphatic carbocycles. The number of guanidine groups is 1. The molecule has 1 aromatic carbocycles. The Bertz CT molecular complexity index is 568. The number of hydrogen-bond acceptors (Lipinski definition) is 2. The van der Waals surface area contributed by atoms with Gasteiger partial charge in [-0.1, -0.05) is 23.2 Å². The molecule has 1 rings (SSSR count). The minimum atomic E-state index is -0.260. The van der Waals surface area contributed by atoms with Crippen LogP contribution in [-0.2, 0) is 11.2 Å². The van der Waals surface area contributed by atoms with Gasteiger partial charge in [-0.05, 0) is 57.9 Å². The topological polar surface area (TPSA) is 65.5 Å². The zero-order chi connectivity index (χ0) is 18.2. The van der Waals surface area contributed by atoms with Crippen molar-refractivity contribution in [1.29, 1.82) is 0 Å². The number of hydrogen-bond donors (Lipinski definition) is 3. The summed E-state index contributed by atoms with van der Waals surface area (Å²) in [6, 6.07) is 5.48. The smallest absolute Gasteiger partial charge is 0.242 e. The second-order valence-electron chi connectivity index (χ2n) is 6.45. The number of aliphatic imine (C=N–C) groups is 1. The van der Waals surface area contributed by atoms with Gasteiger partial charge in [0, 0.05) is 28.7 Å². The highest BCUT2D eigenvalue weighted by atomic mass is 127. The Labute approximate surface area is 177 Å². The third-order valence-electron chi connectivity index (χ3n) is 2.87. The summed E-state index contributed by atoms with van der Waals surface area (Å²) in [6.45, 7) is 9.24. The van der Waals surface area contributed by atoms with Crippen LogP contribution in [0.2, 0.25) is 10.0 Å². The quantitative estimate of drug-likeness (QED) is 0.317. The van der Waals surface area contributed by atoms with Crippen LogP contribution in [0.3, 0.4) is 0 Å². The Balaban J connectivity index is 0.00000576. The molecular formula is C17H27Cl2IN4O. The van der Waals surface area contributed by atoms with Crippen LogP contribution < -0.4 is 16.0 Å². The summed E-state index contributed by atoms with van der Waals surface area (Å²) in [6.07, 6.45) is 0.749. The van der Waals surface area contributed by atoms with Crippen molar-refractivity contribution in [2.45, 2.75) is 39.7 Å². The molecule has 8 heteroatoms. The van der Waals surface area contributed by atoms with Crippen LogP contribution in [-0.4, -0.2) is 37.0 Å². The first kappa shape index (κ1) is 24.3. The lowest BCUT2D eigenvalue weighted by Crippen LogP contribution is -2.43. The van der Waals surface area contributed by atoms with Crippen molar-refractivity contribution in [3.8, 4) is 0 Å². The van der Waals surface area contributed by atoms with Crippen molar-refractivity contribution in [3.05, 3.63) is 33.8 Å². The number of nitrogens with one attached hydrogen (secondary N) is 3. The highest BCUT2D eigenvalue weighted by Gasteiger charge is 2.13. The van der Waals surface area contributed by atoms with Crippen LogP contribution >= 0.6 is 47.2 Å². The Morgan fingerprint density at radius 3 is 2.24 bits per heavy atom. The van der Waals surface area contributed by atoms with E-state index in [0.717, 1.165) is 18.5 Å². The number of nitrogens with zero attached hydrogens (tertiary/aromatic N) is 1. The van der Waals surface area contributed by atoms with Gasteiger partial charge in [-0.25, -0.2) is 4.99 Å². The van der Waals surface area contributed by atoms with Gasteiger partial charge in [0.2, 0.25) is 5.91 Å². The van der Waals surface area contributed by atoms with Crippen molar-refractivity contribution in [2.24, 2.45) is 4.99 Å². The third-order valence-corrected chi connectivity index (χ3v) is 3.30. The van der Waals surface area contributed by atoms with E-state index in [1.54, 1.807) is 6.07 Å².